The molecule has 3 rings (SSSR count). The van der Waals surface area contributed by atoms with E-state index in [0.717, 1.165) is 28.6 Å². The normalized spacial score (nSPS) is 12.5. The molecule has 0 aliphatic heterocycles. The largest absolute Gasteiger partial charge is 0.360 e. The van der Waals surface area contributed by atoms with Gasteiger partial charge in [-0.15, -0.1) is 0 Å². The fourth-order valence-corrected chi connectivity index (χ4v) is 2.41. The highest BCUT2D eigenvalue weighted by Crippen LogP contribution is 2.32. The Morgan fingerprint density at radius 2 is 2.14 bits per heavy atom. The maximum Gasteiger partial charge on any atom is 0.223 e. The van der Waals surface area contributed by atoms with Crippen molar-refractivity contribution in [3.63, 3.8) is 0 Å². The zero-order valence-corrected chi connectivity index (χ0v) is 12.8. The molecule has 0 saturated carbocycles. The van der Waals surface area contributed by atoms with Crippen LogP contribution in [-0.4, -0.2) is 21.0 Å². The van der Waals surface area contributed by atoms with Crippen molar-refractivity contribution in [2.75, 3.05) is 5.32 Å². The summed E-state index contributed by atoms with van der Waals surface area (Å²) in [6.45, 7) is 4.22. The van der Waals surface area contributed by atoms with Gasteiger partial charge < -0.3 is 10.3 Å². The monoisotopic (exact) mass is 300 g/mol. The number of nitrogens with one attached hydrogen (secondary N) is 2. The maximum atomic E-state index is 6.29. The highest BCUT2D eigenvalue weighted by Gasteiger charge is 2.13. The molecule has 1 atom stereocenters. The number of anilines is 1. The van der Waals surface area contributed by atoms with Gasteiger partial charge in [-0.3, -0.25) is 0 Å². The quantitative estimate of drug-likeness (QED) is 0.746. The van der Waals surface area contributed by atoms with Crippen LogP contribution < -0.4 is 5.32 Å². The zero-order chi connectivity index (χ0) is 14.8. The van der Waals surface area contributed by atoms with Crippen molar-refractivity contribution < 1.29 is 0 Å². The van der Waals surface area contributed by atoms with Gasteiger partial charge in [0.2, 0.25) is 5.95 Å². The van der Waals surface area contributed by atoms with Crippen molar-refractivity contribution in [1.82, 2.24) is 15.0 Å². The molecule has 3 aromatic rings. The predicted octanol–water partition coefficient (Wildman–Crippen LogP) is 4.49. The van der Waals surface area contributed by atoms with Crippen molar-refractivity contribution in [2.24, 2.45) is 0 Å². The van der Waals surface area contributed by atoms with Crippen LogP contribution in [-0.2, 0) is 0 Å². The van der Waals surface area contributed by atoms with E-state index in [0.29, 0.717) is 17.0 Å². The lowest BCUT2D eigenvalue weighted by Crippen LogP contribution is -2.15. The number of para-hydroxylation sites is 1. The standard InChI is InChI=1S/C16H17ClN4/c1-3-10(2)20-16-19-9-13(17)15(21-16)12-8-18-14-7-5-4-6-11(12)14/h4-10,18H,3H2,1-2H3,(H,19,20,21). The summed E-state index contributed by atoms with van der Waals surface area (Å²) in [5.41, 5.74) is 2.80. The summed E-state index contributed by atoms with van der Waals surface area (Å²) in [6, 6.07) is 8.42. The van der Waals surface area contributed by atoms with Gasteiger partial charge in [0.05, 0.1) is 16.9 Å². The molecule has 2 heterocycles. The number of H-pyrrole nitrogens is 1. The SMILES string of the molecule is CCC(C)Nc1ncc(Cl)c(-c2c[nH]c3ccccc23)n1. The third kappa shape index (κ3) is 2.72. The second-order valence-corrected chi connectivity index (χ2v) is 5.50. The fourth-order valence-electron chi connectivity index (χ4n) is 2.22. The van der Waals surface area contributed by atoms with E-state index in [4.69, 9.17) is 11.6 Å². The van der Waals surface area contributed by atoms with Crippen LogP contribution in [0.4, 0.5) is 5.95 Å². The summed E-state index contributed by atoms with van der Waals surface area (Å²) in [4.78, 5) is 12.1. The number of aromatic nitrogens is 3. The van der Waals surface area contributed by atoms with Crippen LogP contribution in [0.3, 0.4) is 0 Å². The van der Waals surface area contributed by atoms with E-state index in [2.05, 4.69) is 40.2 Å². The molecule has 21 heavy (non-hydrogen) atoms. The second-order valence-electron chi connectivity index (χ2n) is 5.09. The molecule has 0 fully saturated rings. The van der Waals surface area contributed by atoms with Gasteiger partial charge in [0, 0.05) is 28.7 Å². The van der Waals surface area contributed by atoms with Crippen molar-refractivity contribution in [1.29, 1.82) is 0 Å². The smallest absolute Gasteiger partial charge is 0.223 e. The number of benzene rings is 1. The molecule has 1 unspecified atom stereocenters. The number of nitrogens with zero attached hydrogens (tertiary/aromatic N) is 2. The molecule has 0 aliphatic rings. The molecule has 4 nitrogen and oxygen atoms in total. The minimum absolute atomic E-state index is 0.321. The van der Waals surface area contributed by atoms with Gasteiger partial charge in [-0.1, -0.05) is 36.7 Å². The molecular formula is C16H17ClN4. The van der Waals surface area contributed by atoms with Crippen LogP contribution in [0.1, 0.15) is 20.3 Å². The molecule has 2 N–H and O–H groups in total. The minimum atomic E-state index is 0.321. The number of halogens is 1. The topological polar surface area (TPSA) is 53.6 Å². The van der Waals surface area contributed by atoms with Crippen LogP contribution in [0, 0.1) is 0 Å². The molecule has 0 aliphatic carbocycles. The second kappa shape index (κ2) is 5.74. The van der Waals surface area contributed by atoms with E-state index in [9.17, 15) is 0 Å². The lowest BCUT2D eigenvalue weighted by molar-refractivity contribution is 0.753. The molecule has 108 valence electrons. The van der Waals surface area contributed by atoms with Crippen LogP contribution in [0.2, 0.25) is 5.02 Å². The third-order valence-electron chi connectivity index (χ3n) is 3.58. The number of hydrogen-bond donors (Lipinski definition) is 2. The van der Waals surface area contributed by atoms with Gasteiger partial charge in [0.15, 0.2) is 0 Å². The molecule has 0 spiro atoms. The molecule has 0 saturated heterocycles. The average Bonchev–Trinajstić information content (AvgIpc) is 2.93. The first-order chi connectivity index (χ1) is 10.2. The summed E-state index contributed by atoms with van der Waals surface area (Å²) < 4.78 is 0. The van der Waals surface area contributed by atoms with Crippen LogP contribution >= 0.6 is 11.6 Å². The lowest BCUT2D eigenvalue weighted by atomic mass is 10.1. The van der Waals surface area contributed by atoms with E-state index in [1.54, 1.807) is 6.20 Å². The molecule has 0 amide bonds. The first-order valence-electron chi connectivity index (χ1n) is 7.04. The summed E-state index contributed by atoms with van der Waals surface area (Å²) >= 11 is 6.29. The predicted molar refractivity (Wildman–Crippen MR) is 87.7 cm³/mol. The van der Waals surface area contributed by atoms with Crippen LogP contribution in [0.15, 0.2) is 36.7 Å². The average molecular weight is 301 g/mol. The van der Waals surface area contributed by atoms with Gasteiger partial charge in [0.1, 0.15) is 0 Å². The summed E-state index contributed by atoms with van der Waals surface area (Å²) in [5.74, 6) is 0.606. The first kappa shape index (κ1) is 13.9. The Morgan fingerprint density at radius 3 is 2.95 bits per heavy atom. The molecule has 5 heteroatoms. The third-order valence-corrected chi connectivity index (χ3v) is 3.85. The highest BCUT2D eigenvalue weighted by atomic mass is 35.5. The number of rotatable bonds is 4. The Kier molecular flexibility index (Phi) is 3.80. The molecular weight excluding hydrogens is 284 g/mol. The van der Waals surface area contributed by atoms with Gasteiger partial charge >= 0.3 is 0 Å². The zero-order valence-electron chi connectivity index (χ0n) is 12.0. The number of aromatic amines is 1. The van der Waals surface area contributed by atoms with Gasteiger partial charge in [-0.2, -0.15) is 0 Å². The van der Waals surface area contributed by atoms with Gasteiger partial charge in [-0.25, -0.2) is 9.97 Å². The first-order valence-corrected chi connectivity index (χ1v) is 7.42. The van der Waals surface area contributed by atoms with E-state index >= 15 is 0 Å². The van der Waals surface area contributed by atoms with Crippen molar-refractivity contribution in [3.05, 3.63) is 41.7 Å². The highest BCUT2D eigenvalue weighted by molar-refractivity contribution is 6.33. The number of hydrogen-bond acceptors (Lipinski definition) is 3. The minimum Gasteiger partial charge on any atom is -0.360 e. The lowest BCUT2D eigenvalue weighted by Gasteiger charge is -2.12. The molecule has 0 radical (unpaired) electrons. The molecule has 0 bridgehead atoms. The van der Waals surface area contributed by atoms with E-state index in [1.807, 2.05) is 24.4 Å². The maximum absolute atomic E-state index is 6.29. The molecule has 1 aromatic carbocycles. The van der Waals surface area contributed by atoms with Gasteiger partial charge in [-0.05, 0) is 19.4 Å². The van der Waals surface area contributed by atoms with E-state index in [-0.39, 0.29) is 0 Å². The van der Waals surface area contributed by atoms with E-state index in [1.165, 1.54) is 0 Å². The summed E-state index contributed by atoms with van der Waals surface area (Å²) in [6.07, 6.45) is 4.59. The Balaban J connectivity index is 2.07. The summed E-state index contributed by atoms with van der Waals surface area (Å²) in [7, 11) is 0. The van der Waals surface area contributed by atoms with Crippen LogP contribution in [0.25, 0.3) is 22.2 Å². The number of fused-ring (bicyclic) bond motifs is 1. The Morgan fingerprint density at radius 1 is 1.33 bits per heavy atom. The van der Waals surface area contributed by atoms with Crippen molar-refractivity contribution >= 4 is 28.5 Å². The molecule has 2 aromatic heterocycles. The Labute approximate surface area is 128 Å². The van der Waals surface area contributed by atoms with Crippen LogP contribution in [0.5, 0.6) is 0 Å². The van der Waals surface area contributed by atoms with E-state index < -0.39 is 0 Å². The van der Waals surface area contributed by atoms with Gasteiger partial charge in [0.25, 0.3) is 0 Å². The summed E-state index contributed by atoms with van der Waals surface area (Å²) in [5, 5.41) is 4.93. The van der Waals surface area contributed by atoms with Crippen molar-refractivity contribution in [3.8, 4) is 11.3 Å². The fraction of sp³-hybridized carbons (Fsp3) is 0.250. The Bertz CT molecular complexity index is 766. The van der Waals surface area contributed by atoms with Crippen molar-refractivity contribution in [2.45, 2.75) is 26.3 Å². The Hall–Kier alpha value is -2.07.